The van der Waals surface area contributed by atoms with Crippen molar-refractivity contribution >= 4 is 27.2 Å². The summed E-state index contributed by atoms with van der Waals surface area (Å²) in [5.74, 6) is -1.32. The van der Waals surface area contributed by atoms with Gasteiger partial charge in [-0.15, -0.1) is 0 Å². The van der Waals surface area contributed by atoms with Crippen LogP contribution in [0.3, 0.4) is 0 Å². The van der Waals surface area contributed by atoms with Gasteiger partial charge >= 0.3 is 6.18 Å². The van der Waals surface area contributed by atoms with Crippen LogP contribution in [0.25, 0.3) is 0 Å². The predicted molar refractivity (Wildman–Crippen MR) is 105 cm³/mol. The number of ketones is 1. The quantitative estimate of drug-likeness (QED) is 0.372. The lowest BCUT2D eigenvalue weighted by molar-refractivity contribution is -0.385. The van der Waals surface area contributed by atoms with Crippen molar-refractivity contribution in [3.05, 3.63) is 63.2 Å². The summed E-state index contributed by atoms with van der Waals surface area (Å²) in [6.07, 6.45) is -2.72. The SMILES string of the molecule is CS(=O)(=O)N1CCCc2cc(C(=O)COc3ccc([N+](=O)[O-])cc3C(F)(F)F)ccc21. The second kappa shape index (κ2) is 8.17. The molecule has 0 aliphatic carbocycles. The Hall–Kier alpha value is -3.15. The van der Waals surface area contributed by atoms with Crippen LogP contribution < -0.4 is 9.04 Å². The fourth-order valence-electron chi connectivity index (χ4n) is 3.29. The summed E-state index contributed by atoms with van der Waals surface area (Å²) in [4.78, 5) is 22.3. The molecule has 1 aliphatic rings. The third kappa shape index (κ3) is 4.95. The van der Waals surface area contributed by atoms with Crippen molar-refractivity contribution in [3.8, 4) is 5.75 Å². The molecule has 0 spiro atoms. The van der Waals surface area contributed by atoms with E-state index in [0.717, 1.165) is 18.4 Å². The Morgan fingerprint density at radius 2 is 1.94 bits per heavy atom. The van der Waals surface area contributed by atoms with E-state index in [-0.39, 0.29) is 5.56 Å². The van der Waals surface area contributed by atoms with Crippen molar-refractivity contribution in [2.45, 2.75) is 19.0 Å². The van der Waals surface area contributed by atoms with E-state index in [1.807, 2.05) is 0 Å². The number of nitro groups is 1. The van der Waals surface area contributed by atoms with Crippen LogP contribution in [0.1, 0.15) is 27.9 Å². The third-order valence-electron chi connectivity index (χ3n) is 4.72. The maximum Gasteiger partial charge on any atom is 0.420 e. The second-order valence-electron chi connectivity index (χ2n) is 6.93. The number of aryl methyl sites for hydroxylation is 1. The first-order chi connectivity index (χ1) is 14.4. The number of alkyl halides is 3. The third-order valence-corrected chi connectivity index (χ3v) is 5.90. The number of non-ortho nitro benzene ring substituents is 1. The molecule has 8 nitrogen and oxygen atoms in total. The molecule has 0 atom stereocenters. The molecule has 3 rings (SSSR count). The molecule has 1 heterocycles. The van der Waals surface area contributed by atoms with E-state index in [1.54, 1.807) is 0 Å². The molecular weight excluding hydrogens is 441 g/mol. The molecule has 0 saturated carbocycles. The maximum absolute atomic E-state index is 13.2. The predicted octanol–water partition coefficient (Wildman–Crippen LogP) is 3.59. The molecule has 0 N–H and O–H groups in total. The first-order valence-corrected chi connectivity index (χ1v) is 10.8. The van der Waals surface area contributed by atoms with Crippen molar-refractivity contribution in [1.29, 1.82) is 0 Å². The van der Waals surface area contributed by atoms with Crippen LogP contribution >= 0.6 is 0 Å². The van der Waals surface area contributed by atoms with E-state index in [0.29, 0.717) is 36.7 Å². The van der Waals surface area contributed by atoms with Crippen LogP contribution in [-0.2, 0) is 22.6 Å². The summed E-state index contributed by atoms with van der Waals surface area (Å²) in [5, 5.41) is 10.7. The smallest absolute Gasteiger partial charge is 0.420 e. The van der Waals surface area contributed by atoms with E-state index in [9.17, 15) is 36.5 Å². The number of Topliss-reactive ketones (excluding diaryl/α,β-unsaturated/α-hetero) is 1. The largest absolute Gasteiger partial charge is 0.485 e. The molecule has 0 fully saturated rings. The number of sulfonamides is 1. The number of rotatable bonds is 6. The number of fused-ring (bicyclic) bond motifs is 1. The lowest BCUT2D eigenvalue weighted by Gasteiger charge is -2.29. The van der Waals surface area contributed by atoms with E-state index in [1.165, 1.54) is 22.5 Å². The zero-order valence-corrected chi connectivity index (χ0v) is 17.0. The highest BCUT2D eigenvalue weighted by molar-refractivity contribution is 7.92. The standard InChI is InChI=1S/C19H17F3N2O6S/c1-31(28,29)23-8-2-3-12-9-13(4-6-16(12)23)17(25)11-30-18-7-5-14(24(26)27)10-15(18)19(20,21)22/h4-7,9-10H,2-3,8,11H2,1H3. The molecule has 1 aliphatic heterocycles. The van der Waals surface area contributed by atoms with Gasteiger partial charge in [0.2, 0.25) is 10.0 Å². The van der Waals surface area contributed by atoms with Crippen molar-refractivity contribution in [3.63, 3.8) is 0 Å². The van der Waals surface area contributed by atoms with Gasteiger partial charge in [0, 0.05) is 24.2 Å². The zero-order chi connectivity index (χ0) is 23.0. The summed E-state index contributed by atoms with van der Waals surface area (Å²) in [7, 11) is -3.48. The lowest BCUT2D eigenvalue weighted by atomic mass is 9.99. The van der Waals surface area contributed by atoms with Gasteiger partial charge in [-0.05, 0) is 42.7 Å². The van der Waals surface area contributed by atoms with Gasteiger partial charge in [-0.2, -0.15) is 13.2 Å². The molecule has 0 bridgehead atoms. The lowest BCUT2D eigenvalue weighted by Crippen LogP contribution is -2.34. The van der Waals surface area contributed by atoms with Gasteiger partial charge in [0.1, 0.15) is 11.3 Å². The number of carbonyl (C=O) groups is 1. The highest BCUT2D eigenvalue weighted by atomic mass is 32.2. The summed E-state index contributed by atoms with van der Waals surface area (Å²) >= 11 is 0. The summed E-state index contributed by atoms with van der Waals surface area (Å²) < 4.78 is 69.8. The molecule has 0 amide bonds. The van der Waals surface area contributed by atoms with E-state index in [2.05, 4.69) is 0 Å². The Kier molecular flexibility index (Phi) is 5.94. The van der Waals surface area contributed by atoms with Gasteiger partial charge in [-0.3, -0.25) is 19.2 Å². The summed E-state index contributed by atoms with van der Waals surface area (Å²) in [6, 6.07) is 6.36. The molecule has 0 radical (unpaired) electrons. The fraction of sp³-hybridized carbons (Fsp3) is 0.316. The molecule has 0 unspecified atom stereocenters. The minimum atomic E-state index is -4.91. The topological polar surface area (TPSA) is 107 Å². The normalized spacial score (nSPS) is 14.1. The van der Waals surface area contributed by atoms with Crippen molar-refractivity contribution in [2.75, 3.05) is 23.7 Å². The van der Waals surface area contributed by atoms with E-state index < -0.39 is 50.5 Å². The maximum atomic E-state index is 13.2. The Bertz CT molecular complexity index is 1150. The highest BCUT2D eigenvalue weighted by Gasteiger charge is 2.36. The molecule has 31 heavy (non-hydrogen) atoms. The number of benzene rings is 2. The number of carbonyl (C=O) groups excluding carboxylic acids is 1. The molecule has 0 saturated heterocycles. The molecule has 2 aromatic rings. The second-order valence-corrected chi connectivity index (χ2v) is 8.84. The number of anilines is 1. The van der Waals surface area contributed by atoms with Crippen LogP contribution in [0.4, 0.5) is 24.5 Å². The number of nitro benzene ring substituents is 1. The van der Waals surface area contributed by atoms with Crippen LogP contribution in [0.2, 0.25) is 0 Å². The molecule has 12 heteroatoms. The fourth-order valence-corrected chi connectivity index (χ4v) is 4.28. The monoisotopic (exact) mass is 458 g/mol. The highest BCUT2D eigenvalue weighted by Crippen LogP contribution is 2.38. The minimum absolute atomic E-state index is 0.157. The number of halogens is 3. The summed E-state index contributed by atoms with van der Waals surface area (Å²) in [6.45, 7) is -0.405. The Balaban J connectivity index is 1.81. The van der Waals surface area contributed by atoms with Gasteiger partial charge in [0.05, 0.1) is 16.9 Å². The van der Waals surface area contributed by atoms with Gasteiger partial charge in [-0.25, -0.2) is 8.42 Å². The van der Waals surface area contributed by atoms with Crippen LogP contribution in [0.5, 0.6) is 5.75 Å². The van der Waals surface area contributed by atoms with Gasteiger partial charge in [0.25, 0.3) is 5.69 Å². The van der Waals surface area contributed by atoms with Crippen LogP contribution in [0, 0.1) is 10.1 Å². The average Bonchev–Trinajstić information content (AvgIpc) is 2.69. The van der Waals surface area contributed by atoms with Gasteiger partial charge in [0.15, 0.2) is 12.4 Å². The van der Waals surface area contributed by atoms with Crippen LogP contribution in [-0.4, -0.2) is 38.5 Å². The summed E-state index contributed by atoms with van der Waals surface area (Å²) in [5.41, 5.74) is -0.862. The Morgan fingerprint density at radius 1 is 1.23 bits per heavy atom. The van der Waals surface area contributed by atoms with Crippen molar-refractivity contribution in [1.82, 2.24) is 0 Å². The average molecular weight is 458 g/mol. The molecule has 0 aromatic heterocycles. The van der Waals surface area contributed by atoms with E-state index >= 15 is 0 Å². The minimum Gasteiger partial charge on any atom is -0.485 e. The first kappa shape index (κ1) is 22.5. The van der Waals surface area contributed by atoms with Gasteiger partial charge in [-0.1, -0.05) is 0 Å². The molecular formula is C19H17F3N2O6S. The van der Waals surface area contributed by atoms with Crippen LogP contribution in [0.15, 0.2) is 36.4 Å². The number of nitrogens with zero attached hydrogens (tertiary/aromatic N) is 2. The van der Waals surface area contributed by atoms with Gasteiger partial charge < -0.3 is 4.74 Å². The Morgan fingerprint density at radius 3 is 2.55 bits per heavy atom. The zero-order valence-electron chi connectivity index (χ0n) is 16.2. The van der Waals surface area contributed by atoms with E-state index in [4.69, 9.17) is 4.74 Å². The number of ether oxygens (including phenoxy) is 1. The number of hydrogen-bond donors (Lipinski definition) is 0. The molecule has 166 valence electrons. The van der Waals surface area contributed by atoms with Crippen molar-refractivity contribution in [2.24, 2.45) is 0 Å². The Labute approximate surface area is 175 Å². The number of hydrogen-bond acceptors (Lipinski definition) is 6. The molecule has 2 aromatic carbocycles. The van der Waals surface area contributed by atoms with Crippen molar-refractivity contribution < 1.29 is 36.0 Å². The first-order valence-electron chi connectivity index (χ1n) is 9.00.